The second kappa shape index (κ2) is 11.4. The summed E-state index contributed by atoms with van der Waals surface area (Å²) in [6, 6.07) is 6.75. The van der Waals surface area contributed by atoms with Crippen molar-refractivity contribution in [1.82, 2.24) is 29.4 Å². The highest BCUT2D eigenvalue weighted by Crippen LogP contribution is 2.42. The molecule has 0 unspecified atom stereocenters. The summed E-state index contributed by atoms with van der Waals surface area (Å²) < 4.78 is 15.7. The van der Waals surface area contributed by atoms with Gasteiger partial charge in [-0.05, 0) is 70.9 Å². The Kier molecular flexibility index (Phi) is 7.82. The summed E-state index contributed by atoms with van der Waals surface area (Å²) >= 11 is 1.78. The van der Waals surface area contributed by atoms with Crippen molar-refractivity contribution in [3.63, 3.8) is 0 Å². The third kappa shape index (κ3) is 5.44. The first-order valence-corrected chi connectivity index (χ1v) is 16.0. The molecule has 6 rings (SSSR count). The highest BCUT2D eigenvalue weighted by molar-refractivity contribution is 7.98. The van der Waals surface area contributed by atoms with E-state index in [4.69, 9.17) is 14.5 Å². The van der Waals surface area contributed by atoms with Crippen LogP contribution in [0.2, 0.25) is 0 Å². The van der Waals surface area contributed by atoms with Crippen LogP contribution in [0, 0.1) is 12.8 Å². The smallest absolute Gasteiger partial charge is 0.410 e. The van der Waals surface area contributed by atoms with Gasteiger partial charge in [0.2, 0.25) is 0 Å². The fourth-order valence-corrected chi connectivity index (χ4v) is 6.89. The third-order valence-electron chi connectivity index (χ3n) is 8.33. The zero-order valence-electron chi connectivity index (χ0n) is 25.5. The Morgan fingerprint density at radius 3 is 2.52 bits per heavy atom. The van der Waals surface area contributed by atoms with Gasteiger partial charge >= 0.3 is 6.09 Å². The topological polar surface area (TPSA) is 90.5 Å². The fourth-order valence-electron chi connectivity index (χ4n) is 6.28. The predicted octanol–water partition coefficient (Wildman–Crippen LogP) is 5.50. The van der Waals surface area contributed by atoms with Crippen LogP contribution in [0.1, 0.15) is 39.3 Å². The Bertz CT molecular complexity index is 1590. The van der Waals surface area contributed by atoms with E-state index < -0.39 is 5.60 Å². The number of aryl methyl sites for hydroxylation is 2. The van der Waals surface area contributed by atoms with Crippen LogP contribution >= 0.6 is 11.8 Å². The Hall–Kier alpha value is -3.31. The van der Waals surface area contributed by atoms with Crippen molar-refractivity contribution in [2.24, 2.45) is 13.0 Å². The van der Waals surface area contributed by atoms with Crippen LogP contribution in [-0.4, -0.2) is 86.8 Å². The van der Waals surface area contributed by atoms with Crippen molar-refractivity contribution >= 4 is 45.5 Å². The van der Waals surface area contributed by atoms with Crippen LogP contribution < -0.4 is 4.90 Å². The normalized spacial score (nSPS) is 17.0. The van der Waals surface area contributed by atoms with Crippen molar-refractivity contribution in [1.29, 1.82) is 0 Å². The molecule has 42 heavy (non-hydrogen) atoms. The van der Waals surface area contributed by atoms with Gasteiger partial charge in [0.25, 0.3) is 0 Å². The Morgan fingerprint density at radius 2 is 1.88 bits per heavy atom. The molecule has 2 aliphatic rings. The summed E-state index contributed by atoms with van der Waals surface area (Å²) in [5, 5.41) is 9.71. The number of nitrogens with zero attached hydrogens (tertiary/aromatic N) is 7. The van der Waals surface area contributed by atoms with Gasteiger partial charge in [0.1, 0.15) is 5.60 Å². The molecular formula is C31H41N7O3S. The summed E-state index contributed by atoms with van der Waals surface area (Å²) in [6.45, 7) is 13.0. The molecule has 2 aliphatic heterocycles. The molecule has 224 valence electrons. The van der Waals surface area contributed by atoms with Crippen LogP contribution in [0.15, 0.2) is 29.3 Å². The SMILES string of the molecule is CSc1ccc(N2CCN(C(=O)OC(C)(C)C)CC2)c2c3ncc(-c4c(C)nnn4C)cc3n(CC3CCOCC3)c12. The lowest BCUT2D eigenvalue weighted by atomic mass is 10.0. The number of thioether (sulfide) groups is 1. The van der Waals surface area contributed by atoms with Gasteiger partial charge in [-0.3, -0.25) is 4.98 Å². The predicted molar refractivity (Wildman–Crippen MR) is 167 cm³/mol. The Morgan fingerprint density at radius 1 is 1.14 bits per heavy atom. The van der Waals surface area contributed by atoms with Crippen molar-refractivity contribution in [2.75, 3.05) is 50.5 Å². The van der Waals surface area contributed by atoms with Gasteiger partial charge in [0.05, 0.1) is 33.3 Å². The summed E-state index contributed by atoms with van der Waals surface area (Å²) in [4.78, 5) is 23.3. The minimum absolute atomic E-state index is 0.243. The highest BCUT2D eigenvalue weighted by atomic mass is 32.2. The van der Waals surface area contributed by atoms with Crippen molar-refractivity contribution in [3.05, 3.63) is 30.1 Å². The molecule has 4 aromatic rings. The molecule has 5 heterocycles. The average molecular weight is 592 g/mol. The van der Waals surface area contributed by atoms with Crippen LogP contribution in [0.4, 0.5) is 10.5 Å². The van der Waals surface area contributed by atoms with E-state index in [1.807, 2.05) is 50.5 Å². The number of fused-ring (bicyclic) bond motifs is 3. The Labute approximate surface area is 251 Å². The maximum atomic E-state index is 12.7. The number of carbonyl (C=O) groups excluding carboxylic acids is 1. The molecule has 3 aromatic heterocycles. The van der Waals surface area contributed by atoms with Gasteiger partial charge < -0.3 is 23.8 Å². The van der Waals surface area contributed by atoms with Gasteiger partial charge in [0, 0.05) is 75.3 Å². The van der Waals surface area contributed by atoms with Crippen molar-refractivity contribution in [2.45, 2.75) is 57.6 Å². The maximum absolute atomic E-state index is 12.7. The first-order valence-electron chi connectivity index (χ1n) is 14.8. The lowest BCUT2D eigenvalue weighted by Gasteiger charge is -2.37. The molecule has 0 atom stereocenters. The minimum atomic E-state index is -0.505. The number of piperazine rings is 1. The van der Waals surface area contributed by atoms with Gasteiger partial charge in [-0.2, -0.15) is 0 Å². The molecule has 0 spiro atoms. The maximum Gasteiger partial charge on any atom is 0.410 e. The molecule has 10 nitrogen and oxygen atoms in total. The zero-order chi connectivity index (χ0) is 29.6. The molecule has 2 fully saturated rings. The number of rotatable bonds is 5. The molecule has 0 saturated carbocycles. The molecule has 0 N–H and O–H groups in total. The van der Waals surface area contributed by atoms with E-state index in [-0.39, 0.29) is 6.09 Å². The van der Waals surface area contributed by atoms with Crippen LogP contribution in [0.3, 0.4) is 0 Å². The average Bonchev–Trinajstić information content (AvgIpc) is 3.48. The van der Waals surface area contributed by atoms with Crippen LogP contribution in [-0.2, 0) is 23.1 Å². The van der Waals surface area contributed by atoms with Gasteiger partial charge in [-0.25, -0.2) is 9.48 Å². The van der Waals surface area contributed by atoms with Crippen molar-refractivity contribution < 1.29 is 14.3 Å². The van der Waals surface area contributed by atoms with Gasteiger partial charge in [-0.1, -0.05) is 5.21 Å². The van der Waals surface area contributed by atoms with E-state index in [1.54, 1.807) is 11.8 Å². The molecule has 0 bridgehead atoms. The number of anilines is 1. The first-order chi connectivity index (χ1) is 20.1. The monoisotopic (exact) mass is 591 g/mol. The van der Waals surface area contributed by atoms with Crippen LogP contribution in [0.25, 0.3) is 33.2 Å². The Balaban J connectivity index is 1.46. The van der Waals surface area contributed by atoms with E-state index in [2.05, 4.69) is 44.2 Å². The van der Waals surface area contributed by atoms with Gasteiger partial charge in [0.15, 0.2) is 0 Å². The van der Waals surface area contributed by atoms with E-state index >= 15 is 0 Å². The largest absolute Gasteiger partial charge is 0.444 e. The van der Waals surface area contributed by atoms with Crippen LogP contribution in [0.5, 0.6) is 0 Å². The summed E-state index contributed by atoms with van der Waals surface area (Å²) in [5.74, 6) is 0.539. The third-order valence-corrected chi connectivity index (χ3v) is 9.10. The lowest BCUT2D eigenvalue weighted by molar-refractivity contribution is 0.0240. The standard InChI is InChI=1S/C31H41N7O3S/c1-20-28(35(5)34-33-20)22-17-24-27(32-18-22)26-23(36-11-13-37(14-12-36)30(39)41-31(2,3)4)7-8-25(42-6)29(26)38(24)19-21-9-15-40-16-10-21/h7-8,17-18,21H,9-16,19H2,1-6H3. The number of hydrogen-bond donors (Lipinski definition) is 0. The number of aromatic nitrogens is 5. The molecule has 0 aliphatic carbocycles. The second-order valence-electron chi connectivity index (χ2n) is 12.4. The fraction of sp³-hybridized carbons (Fsp3) is 0.548. The quantitative estimate of drug-likeness (QED) is 0.281. The minimum Gasteiger partial charge on any atom is -0.444 e. The summed E-state index contributed by atoms with van der Waals surface area (Å²) in [7, 11) is 1.93. The molecule has 1 aromatic carbocycles. The second-order valence-corrected chi connectivity index (χ2v) is 13.2. The number of amides is 1. The van der Waals surface area contributed by atoms with E-state index in [0.29, 0.717) is 19.0 Å². The number of carbonyl (C=O) groups is 1. The number of pyridine rings is 1. The number of benzene rings is 1. The highest BCUT2D eigenvalue weighted by Gasteiger charge is 2.29. The lowest BCUT2D eigenvalue weighted by Crippen LogP contribution is -2.50. The molecular weight excluding hydrogens is 550 g/mol. The summed E-state index contributed by atoms with van der Waals surface area (Å²) in [5.41, 5.74) is 6.92. The molecule has 0 radical (unpaired) electrons. The van der Waals surface area contributed by atoms with Crippen molar-refractivity contribution in [3.8, 4) is 11.3 Å². The zero-order valence-corrected chi connectivity index (χ0v) is 26.3. The van der Waals surface area contributed by atoms with Gasteiger partial charge in [-0.15, -0.1) is 16.9 Å². The number of ether oxygens (including phenoxy) is 2. The van der Waals surface area contributed by atoms with E-state index in [1.165, 1.54) is 21.5 Å². The molecule has 2 saturated heterocycles. The molecule has 1 amide bonds. The molecule has 11 heteroatoms. The summed E-state index contributed by atoms with van der Waals surface area (Å²) in [6.07, 6.45) is 5.98. The van der Waals surface area contributed by atoms with E-state index in [9.17, 15) is 4.79 Å². The van der Waals surface area contributed by atoms with E-state index in [0.717, 1.165) is 73.7 Å². The first kappa shape index (κ1) is 28.8. The number of hydrogen-bond acceptors (Lipinski definition) is 8.